The van der Waals surface area contributed by atoms with Crippen LogP contribution in [0.4, 0.5) is 0 Å². The second-order valence-corrected chi connectivity index (χ2v) is 3.73. The van der Waals surface area contributed by atoms with E-state index in [0.717, 1.165) is 6.54 Å². The molecule has 6 nitrogen and oxygen atoms in total. The molecule has 0 aromatic rings. The summed E-state index contributed by atoms with van der Waals surface area (Å²) in [4.78, 5) is 11.4. The van der Waals surface area contributed by atoms with Crippen LogP contribution in [0.3, 0.4) is 0 Å². The maximum Gasteiger partial charge on any atom is 0.308 e. The van der Waals surface area contributed by atoms with Crippen molar-refractivity contribution in [2.24, 2.45) is 0 Å². The SMILES string of the molecule is COCCOCCOC(=O)CC1CNCCO1. The largest absolute Gasteiger partial charge is 0.463 e. The molecule has 0 amide bonds. The number of hydrogen-bond acceptors (Lipinski definition) is 6. The van der Waals surface area contributed by atoms with E-state index in [1.54, 1.807) is 7.11 Å². The topological polar surface area (TPSA) is 66.0 Å². The van der Waals surface area contributed by atoms with Gasteiger partial charge in [0.25, 0.3) is 0 Å². The van der Waals surface area contributed by atoms with Gasteiger partial charge < -0.3 is 24.3 Å². The van der Waals surface area contributed by atoms with Crippen molar-refractivity contribution in [1.82, 2.24) is 5.32 Å². The third kappa shape index (κ3) is 7.27. The fourth-order valence-corrected chi connectivity index (χ4v) is 1.45. The average Bonchev–Trinajstić information content (AvgIpc) is 2.35. The number of methoxy groups -OCH3 is 1. The van der Waals surface area contributed by atoms with E-state index < -0.39 is 0 Å². The van der Waals surface area contributed by atoms with E-state index in [2.05, 4.69) is 5.32 Å². The van der Waals surface area contributed by atoms with Crippen LogP contribution in [-0.4, -0.2) is 65.3 Å². The third-order valence-electron chi connectivity index (χ3n) is 2.32. The minimum atomic E-state index is -0.242. The Balaban J connectivity index is 1.93. The number of nitrogens with one attached hydrogen (secondary N) is 1. The van der Waals surface area contributed by atoms with E-state index >= 15 is 0 Å². The van der Waals surface area contributed by atoms with E-state index in [9.17, 15) is 4.79 Å². The highest BCUT2D eigenvalue weighted by Crippen LogP contribution is 2.02. The number of carbonyl (C=O) groups is 1. The van der Waals surface area contributed by atoms with E-state index in [-0.39, 0.29) is 18.7 Å². The molecule has 1 atom stereocenters. The fraction of sp³-hybridized carbons (Fsp3) is 0.909. The molecule has 1 heterocycles. The molecule has 1 unspecified atom stereocenters. The van der Waals surface area contributed by atoms with Crippen LogP contribution < -0.4 is 5.32 Å². The second-order valence-electron chi connectivity index (χ2n) is 3.73. The van der Waals surface area contributed by atoms with Crippen LogP contribution in [0.1, 0.15) is 6.42 Å². The molecule has 17 heavy (non-hydrogen) atoms. The van der Waals surface area contributed by atoms with Gasteiger partial charge in [-0.2, -0.15) is 0 Å². The Labute approximate surface area is 102 Å². The molecule has 1 N–H and O–H groups in total. The third-order valence-corrected chi connectivity index (χ3v) is 2.32. The molecule has 0 spiro atoms. The van der Waals surface area contributed by atoms with Gasteiger partial charge >= 0.3 is 5.97 Å². The van der Waals surface area contributed by atoms with Crippen molar-refractivity contribution >= 4 is 5.97 Å². The summed E-state index contributed by atoms with van der Waals surface area (Å²) < 4.78 is 20.4. The van der Waals surface area contributed by atoms with Crippen molar-refractivity contribution in [2.75, 3.05) is 53.2 Å². The Bertz CT molecular complexity index is 206. The maximum absolute atomic E-state index is 11.4. The molecule has 1 fully saturated rings. The van der Waals surface area contributed by atoms with E-state index in [4.69, 9.17) is 18.9 Å². The van der Waals surface area contributed by atoms with Gasteiger partial charge in [-0.25, -0.2) is 0 Å². The number of hydrogen-bond donors (Lipinski definition) is 1. The molecule has 0 aliphatic carbocycles. The Hall–Kier alpha value is -0.690. The highest BCUT2D eigenvalue weighted by atomic mass is 16.6. The van der Waals surface area contributed by atoms with Gasteiger partial charge in [-0.1, -0.05) is 0 Å². The van der Waals surface area contributed by atoms with Crippen LogP contribution >= 0.6 is 0 Å². The average molecular weight is 247 g/mol. The number of ether oxygens (including phenoxy) is 4. The first-order valence-corrected chi connectivity index (χ1v) is 5.87. The minimum Gasteiger partial charge on any atom is -0.463 e. The maximum atomic E-state index is 11.4. The van der Waals surface area contributed by atoms with Gasteiger partial charge in [0.15, 0.2) is 0 Å². The lowest BCUT2D eigenvalue weighted by molar-refractivity contribution is -0.149. The number of esters is 1. The van der Waals surface area contributed by atoms with E-state index in [1.165, 1.54) is 0 Å². The second kappa shape index (κ2) is 9.35. The standard InChI is InChI=1S/C11H21NO5/c1-14-4-5-15-6-7-17-11(13)8-10-9-12-2-3-16-10/h10,12H,2-9H2,1H3. The van der Waals surface area contributed by atoms with Crippen LogP contribution in [0.5, 0.6) is 0 Å². The molecule has 1 aliphatic rings. The van der Waals surface area contributed by atoms with E-state index in [1.807, 2.05) is 0 Å². The minimum absolute atomic E-state index is 0.0642. The first-order valence-electron chi connectivity index (χ1n) is 5.87. The van der Waals surface area contributed by atoms with Crippen molar-refractivity contribution in [3.63, 3.8) is 0 Å². The molecule has 0 radical (unpaired) electrons. The Kier molecular flexibility index (Phi) is 7.91. The van der Waals surface area contributed by atoms with Crippen molar-refractivity contribution in [3.8, 4) is 0 Å². The van der Waals surface area contributed by atoms with Crippen molar-refractivity contribution < 1.29 is 23.7 Å². The van der Waals surface area contributed by atoms with Gasteiger partial charge in [-0.05, 0) is 0 Å². The molecule has 1 rings (SSSR count). The summed E-state index contributed by atoms with van der Waals surface area (Å²) in [5.41, 5.74) is 0. The molecule has 100 valence electrons. The van der Waals surface area contributed by atoms with Gasteiger partial charge in [0.05, 0.1) is 39.0 Å². The molecular formula is C11H21NO5. The monoisotopic (exact) mass is 247 g/mol. The summed E-state index contributed by atoms with van der Waals surface area (Å²) >= 11 is 0. The molecule has 1 saturated heterocycles. The summed E-state index contributed by atoms with van der Waals surface area (Å²) in [5, 5.41) is 3.16. The lowest BCUT2D eigenvalue weighted by atomic mass is 10.2. The van der Waals surface area contributed by atoms with Crippen molar-refractivity contribution in [1.29, 1.82) is 0 Å². The number of morpholine rings is 1. The van der Waals surface area contributed by atoms with Crippen LogP contribution in [0.2, 0.25) is 0 Å². The highest BCUT2D eigenvalue weighted by Gasteiger charge is 2.17. The molecule has 0 saturated carbocycles. The van der Waals surface area contributed by atoms with Crippen LogP contribution in [0.25, 0.3) is 0 Å². The van der Waals surface area contributed by atoms with Gasteiger partial charge in [0.2, 0.25) is 0 Å². The predicted molar refractivity (Wildman–Crippen MR) is 60.9 cm³/mol. The van der Waals surface area contributed by atoms with Gasteiger partial charge in [0, 0.05) is 20.2 Å². The van der Waals surface area contributed by atoms with Crippen LogP contribution in [-0.2, 0) is 23.7 Å². The molecule has 6 heteroatoms. The zero-order valence-electron chi connectivity index (χ0n) is 10.3. The Morgan fingerprint density at radius 2 is 2.18 bits per heavy atom. The fourth-order valence-electron chi connectivity index (χ4n) is 1.45. The van der Waals surface area contributed by atoms with Gasteiger partial charge in [-0.3, -0.25) is 4.79 Å². The van der Waals surface area contributed by atoms with Crippen LogP contribution in [0, 0.1) is 0 Å². The lowest BCUT2D eigenvalue weighted by Gasteiger charge is -2.22. The zero-order chi connectivity index (χ0) is 12.3. The Morgan fingerprint density at radius 3 is 2.88 bits per heavy atom. The smallest absolute Gasteiger partial charge is 0.308 e. The van der Waals surface area contributed by atoms with Crippen molar-refractivity contribution in [3.05, 3.63) is 0 Å². The molecule has 0 aromatic heterocycles. The Morgan fingerprint density at radius 1 is 1.35 bits per heavy atom. The summed E-state index contributed by atoms with van der Waals surface area (Å²) in [7, 11) is 1.61. The quantitative estimate of drug-likeness (QED) is 0.464. The molecule has 1 aliphatic heterocycles. The van der Waals surface area contributed by atoms with Crippen LogP contribution in [0.15, 0.2) is 0 Å². The van der Waals surface area contributed by atoms with Crippen molar-refractivity contribution in [2.45, 2.75) is 12.5 Å². The summed E-state index contributed by atoms with van der Waals surface area (Å²) in [6.45, 7) is 3.96. The van der Waals surface area contributed by atoms with E-state index in [0.29, 0.717) is 39.4 Å². The summed E-state index contributed by atoms with van der Waals surface area (Å²) in [5.74, 6) is -0.242. The molecule has 0 bridgehead atoms. The molecule has 0 aromatic carbocycles. The van der Waals surface area contributed by atoms with Gasteiger partial charge in [-0.15, -0.1) is 0 Å². The van der Waals surface area contributed by atoms with Gasteiger partial charge in [0.1, 0.15) is 6.61 Å². The number of carbonyl (C=O) groups excluding carboxylic acids is 1. The first kappa shape index (κ1) is 14.4. The first-order chi connectivity index (χ1) is 8.33. The lowest BCUT2D eigenvalue weighted by Crippen LogP contribution is -2.39. The normalized spacial score (nSPS) is 20.2. The summed E-state index contributed by atoms with van der Waals surface area (Å²) in [6.07, 6.45) is 0.232. The molecular weight excluding hydrogens is 226 g/mol. The zero-order valence-corrected chi connectivity index (χ0v) is 10.3. The summed E-state index contributed by atoms with van der Waals surface area (Å²) in [6, 6.07) is 0. The predicted octanol–water partition coefficient (Wildman–Crippen LogP) is -0.429. The highest BCUT2D eigenvalue weighted by molar-refractivity contribution is 5.70. The number of rotatable bonds is 8.